The number of carbonyl (C=O) groups excluding carboxylic acids is 2. The van der Waals surface area contributed by atoms with Crippen LogP contribution in [0.2, 0.25) is 0 Å². The number of ether oxygens (including phenoxy) is 2. The van der Waals surface area contributed by atoms with Crippen LogP contribution in [0.4, 0.5) is 0 Å². The molecule has 1 aromatic rings. The van der Waals surface area contributed by atoms with Crippen LogP contribution >= 0.6 is 0 Å². The molecule has 0 radical (unpaired) electrons. The van der Waals surface area contributed by atoms with E-state index in [-0.39, 0.29) is 0 Å². The highest BCUT2D eigenvalue weighted by Crippen LogP contribution is 2.33. The number of allylic oxidation sites excluding steroid dienone is 1. The number of fused-ring (bicyclic) bond motifs is 1. The molecular weight excluding hydrogens is 244 g/mol. The Hall–Kier alpha value is -2.10. The van der Waals surface area contributed by atoms with Gasteiger partial charge in [-0.2, -0.15) is 0 Å². The SMILES string of the molecule is CCC/C=C1\OC(=O)c2cccc(C(=O)OCC)c21. The van der Waals surface area contributed by atoms with Gasteiger partial charge in [-0.3, -0.25) is 0 Å². The van der Waals surface area contributed by atoms with Gasteiger partial charge in [0.2, 0.25) is 0 Å². The number of carbonyl (C=O) groups is 2. The summed E-state index contributed by atoms with van der Waals surface area (Å²) in [5.41, 5.74) is 1.36. The normalized spacial score (nSPS) is 15.3. The molecule has 100 valence electrons. The van der Waals surface area contributed by atoms with Crippen molar-refractivity contribution in [3.63, 3.8) is 0 Å². The van der Waals surface area contributed by atoms with E-state index in [1.807, 2.05) is 13.0 Å². The van der Waals surface area contributed by atoms with E-state index in [4.69, 9.17) is 9.47 Å². The summed E-state index contributed by atoms with van der Waals surface area (Å²) >= 11 is 0. The molecule has 0 unspecified atom stereocenters. The van der Waals surface area contributed by atoms with Crippen molar-refractivity contribution in [1.82, 2.24) is 0 Å². The average molecular weight is 260 g/mol. The van der Waals surface area contributed by atoms with Crippen molar-refractivity contribution in [3.8, 4) is 0 Å². The highest BCUT2D eigenvalue weighted by Gasteiger charge is 2.31. The van der Waals surface area contributed by atoms with Gasteiger partial charge in [-0.25, -0.2) is 9.59 Å². The van der Waals surface area contributed by atoms with Gasteiger partial charge in [0.25, 0.3) is 0 Å². The van der Waals surface area contributed by atoms with Gasteiger partial charge >= 0.3 is 11.9 Å². The molecule has 0 spiro atoms. The largest absolute Gasteiger partial charge is 0.462 e. The summed E-state index contributed by atoms with van der Waals surface area (Å²) in [4.78, 5) is 23.7. The second-order valence-electron chi connectivity index (χ2n) is 4.20. The van der Waals surface area contributed by atoms with E-state index in [9.17, 15) is 9.59 Å². The molecule has 0 aliphatic carbocycles. The van der Waals surface area contributed by atoms with Crippen LogP contribution in [0.5, 0.6) is 0 Å². The zero-order chi connectivity index (χ0) is 13.8. The molecule has 0 atom stereocenters. The summed E-state index contributed by atoms with van der Waals surface area (Å²) in [5, 5.41) is 0. The summed E-state index contributed by atoms with van der Waals surface area (Å²) in [7, 11) is 0. The molecule has 1 aliphatic rings. The summed E-state index contributed by atoms with van der Waals surface area (Å²) in [6.07, 6.45) is 3.57. The minimum Gasteiger partial charge on any atom is -0.462 e. The molecule has 1 aliphatic heterocycles. The molecule has 4 nitrogen and oxygen atoms in total. The predicted molar refractivity (Wildman–Crippen MR) is 70.7 cm³/mol. The molecule has 2 rings (SSSR count). The van der Waals surface area contributed by atoms with Gasteiger partial charge in [-0.05, 0) is 31.6 Å². The first-order chi connectivity index (χ1) is 9.19. The van der Waals surface area contributed by atoms with Crippen LogP contribution in [-0.4, -0.2) is 18.5 Å². The second kappa shape index (κ2) is 5.69. The highest BCUT2D eigenvalue weighted by atomic mass is 16.5. The quantitative estimate of drug-likeness (QED) is 0.780. The van der Waals surface area contributed by atoms with E-state index in [0.717, 1.165) is 12.8 Å². The van der Waals surface area contributed by atoms with Crippen molar-refractivity contribution in [2.45, 2.75) is 26.7 Å². The maximum atomic E-state index is 11.9. The van der Waals surface area contributed by atoms with Crippen LogP contribution in [0, 0.1) is 0 Å². The lowest BCUT2D eigenvalue weighted by atomic mass is 10.0. The molecule has 0 saturated carbocycles. The van der Waals surface area contributed by atoms with Gasteiger partial charge in [0.05, 0.1) is 17.7 Å². The van der Waals surface area contributed by atoms with Gasteiger partial charge in [-0.15, -0.1) is 0 Å². The second-order valence-corrected chi connectivity index (χ2v) is 4.20. The number of hydrogen-bond donors (Lipinski definition) is 0. The van der Waals surface area contributed by atoms with Crippen molar-refractivity contribution >= 4 is 17.7 Å². The maximum Gasteiger partial charge on any atom is 0.344 e. The topological polar surface area (TPSA) is 52.6 Å². The van der Waals surface area contributed by atoms with E-state index in [1.54, 1.807) is 25.1 Å². The third-order valence-corrected chi connectivity index (χ3v) is 2.85. The number of unbranched alkanes of at least 4 members (excludes halogenated alkanes) is 1. The average Bonchev–Trinajstić information content (AvgIpc) is 2.74. The Morgan fingerprint density at radius 3 is 2.84 bits per heavy atom. The van der Waals surface area contributed by atoms with Crippen molar-refractivity contribution in [2.75, 3.05) is 6.61 Å². The molecule has 0 saturated heterocycles. The number of benzene rings is 1. The lowest BCUT2D eigenvalue weighted by Crippen LogP contribution is -2.08. The first-order valence-electron chi connectivity index (χ1n) is 6.41. The van der Waals surface area contributed by atoms with E-state index >= 15 is 0 Å². The summed E-state index contributed by atoms with van der Waals surface area (Å²) < 4.78 is 10.2. The van der Waals surface area contributed by atoms with Crippen molar-refractivity contribution in [3.05, 3.63) is 41.0 Å². The first kappa shape index (κ1) is 13.3. The van der Waals surface area contributed by atoms with Gasteiger partial charge in [-0.1, -0.05) is 19.4 Å². The number of cyclic esters (lactones) is 1. The van der Waals surface area contributed by atoms with Crippen LogP contribution < -0.4 is 0 Å². The smallest absolute Gasteiger partial charge is 0.344 e. The molecule has 0 bridgehead atoms. The zero-order valence-electron chi connectivity index (χ0n) is 11.1. The fourth-order valence-corrected chi connectivity index (χ4v) is 1.99. The molecular formula is C15H16O4. The zero-order valence-corrected chi connectivity index (χ0v) is 11.1. The fourth-order valence-electron chi connectivity index (χ4n) is 1.99. The molecule has 4 heteroatoms. The Morgan fingerprint density at radius 2 is 2.16 bits per heavy atom. The Morgan fingerprint density at radius 1 is 1.37 bits per heavy atom. The lowest BCUT2D eigenvalue weighted by Gasteiger charge is -2.06. The third-order valence-electron chi connectivity index (χ3n) is 2.85. The molecule has 1 heterocycles. The van der Waals surface area contributed by atoms with E-state index in [1.165, 1.54) is 0 Å². The fraction of sp³-hybridized carbons (Fsp3) is 0.333. The summed E-state index contributed by atoms with van der Waals surface area (Å²) in [6, 6.07) is 4.97. The molecule has 0 aromatic heterocycles. The van der Waals surface area contributed by atoms with Crippen LogP contribution in [-0.2, 0) is 9.47 Å². The van der Waals surface area contributed by atoms with Crippen molar-refractivity contribution in [2.24, 2.45) is 0 Å². The summed E-state index contributed by atoms with van der Waals surface area (Å²) in [5.74, 6) is -0.381. The first-order valence-corrected chi connectivity index (χ1v) is 6.41. The molecule has 1 aromatic carbocycles. The molecule has 0 N–H and O–H groups in total. The number of esters is 2. The Balaban J connectivity index is 2.49. The van der Waals surface area contributed by atoms with Crippen molar-refractivity contribution in [1.29, 1.82) is 0 Å². The third kappa shape index (κ3) is 2.52. The van der Waals surface area contributed by atoms with Crippen LogP contribution in [0.1, 0.15) is 53.0 Å². The molecule has 19 heavy (non-hydrogen) atoms. The van der Waals surface area contributed by atoms with E-state index < -0.39 is 11.9 Å². The standard InChI is InChI=1S/C15H16O4/c1-3-5-9-12-13-10(14(16)18-4-2)7-6-8-11(13)15(17)19-12/h6-9H,3-5H2,1-2H3/b12-9-. The predicted octanol–water partition coefficient (Wildman–Crippen LogP) is 3.17. The van der Waals surface area contributed by atoms with Gasteiger partial charge in [0.15, 0.2) is 0 Å². The highest BCUT2D eigenvalue weighted by molar-refractivity contribution is 6.08. The minimum absolute atomic E-state index is 0.297. The summed E-state index contributed by atoms with van der Waals surface area (Å²) in [6.45, 7) is 4.08. The Kier molecular flexibility index (Phi) is 4.00. The monoisotopic (exact) mass is 260 g/mol. The molecule has 0 amide bonds. The minimum atomic E-state index is -0.431. The Labute approximate surface area is 112 Å². The maximum absolute atomic E-state index is 11.9. The van der Waals surface area contributed by atoms with Gasteiger partial charge in [0, 0.05) is 5.56 Å². The van der Waals surface area contributed by atoms with E-state index in [0.29, 0.717) is 29.1 Å². The Bertz CT molecular complexity index is 543. The number of rotatable bonds is 4. The van der Waals surface area contributed by atoms with Crippen LogP contribution in [0.25, 0.3) is 5.76 Å². The van der Waals surface area contributed by atoms with Crippen LogP contribution in [0.3, 0.4) is 0 Å². The number of hydrogen-bond acceptors (Lipinski definition) is 4. The molecule has 0 fully saturated rings. The lowest BCUT2D eigenvalue weighted by molar-refractivity contribution is 0.0525. The van der Waals surface area contributed by atoms with Crippen molar-refractivity contribution < 1.29 is 19.1 Å². The van der Waals surface area contributed by atoms with Crippen LogP contribution in [0.15, 0.2) is 24.3 Å². The van der Waals surface area contributed by atoms with Gasteiger partial charge < -0.3 is 9.47 Å². The van der Waals surface area contributed by atoms with Gasteiger partial charge in [0.1, 0.15) is 5.76 Å². The van der Waals surface area contributed by atoms with E-state index in [2.05, 4.69) is 0 Å².